The molecule has 1 aromatic carbocycles. The van der Waals surface area contributed by atoms with Crippen LogP contribution in [0, 0.1) is 5.92 Å². The highest BCUT2D eigenvalue weighted by atomic mass is 79.9. The number of carbonyl (C=O) groups is 1. The summed E-state index contributed by atoms with van der Waals surface area (Å²) in [7, 11) is 0. The van der Waals surface area contributed by atoms with Crippen LogP contribution in [0.5, 0.6) is 5.75 Å². The van der Waals surface area contributed by atoms with Gasteiger partial charge in [-0.15, -0.1) is 0 Å². The van der Waals surface area contributed by atoms with Gasteiger partial charge in [-0.25, -0.2) is 0 Å². The fourth-order valence-corrected chi connectivity index (χ4v) is 2.51. The number of rotatable bonds is 4. The minimum Gasteiger partial charge on any atom is -0.483 e. The van der Waals surface area contributed by atoms with Crippen LogP contribution >= 0.6 is 31.9 Å². The molecular formula is C11H10Br2O2. The van der Waals surface area contributed by atoms with Gasteiger partial charge in [0.05, 0.1) is 8.95 Å². The van der Waals surface area contributed by atoms with E-state index in [9.17, 15) is 4.79 Å². The van der Waals surface area contributed by atoms with Crippen LogP contribution in [0.4, 0.5) is 0 Å². The zero-order chi connectivity index (χ0) is 10.8. The number of Topliss-reactive ketones (excluding diaryl/α,β-unsaturated/α-hetero) is 1. The van der Waals surface area contributed by atoms with Crippen molar-refractivity contribution in [2.45, 2.75) is 12.8 Å². The zero-order valence-electron chi connectivity index (χ0n) is 8.00. The molecule has 15 heavy (non-hydrogen) atoms. The Bertz CT molecular complexity index is 366. The molecule has 0 spiro atoms. The molecule has 1 aromatic rings. The molecule has 1 fully saturated rings. The molecule has 0 heterocycles. The van der Waals surface area contributed by atoms with Crippen LogP contribution < -0.4 is 4.74 Å². The summed E-state index contributed by atoms with van der Waals surface area (Å²) in [6.07, 6.45) is 2.05. The Morgan fingerprint density at radius 2 is 1.93 bits per heavy atom. The Kier molecular flexibility index (Phi) is 3.46. The summed E-state index contributed by atoms with van der Waals surface area (Å²) >= 11 is 6.77. The van der Waals surface area contributed by atoms with E-state index >= 15 is 0 Å². The van der Waals surface area contributed by atoms with Gasteiger partial charge >= 0.3 is 0 Å². The summed E-state index contributed by atoms with van der Waals surface area (Å²) in [5.41, 5.74) is 0. The van der Waals surface area contributed by atoms with Gasteiger partial charge in [0.2, 0.25) is 0 Å². The monoisotopic (exact) mass is 332 g/mol. The number of halogens is 2. The Labute approximate surface area is 105 Å². The lowest BCUT2D eigenvalue weighted by Crippen LogP contribution is -2.13. The second kappa shape index (κ2) is 4.66. The fourth-order valence-electron chi connectivity index (χ4n) is 1.29. The molecule has 1 aliphatic rings. The van der Waals surface area contributed by atoms with Crippen molar-refractivity contribution >= 4 is 37.6 Å². The minimum absolute atomic E-state index is 0.172. The van der Waals surface area contributed by atoms with E-state index in [-0.39, 0.29) is 18.3 Å². The molecule has 0 saturated heterocycles. The summed E-state index contributed by atoms with van der Waals surface area (Å²) in [4.78, 5) is 11.4. The van der Waals surface area contributed by atoms with Gasteiger partial charge in [-0.1, -0.05) is 6.07 Å². The van der Waals surface area contributed by atoms with Gasteiger partial charge < -0.3 is 4.74 Å². The highest BCUT2D eigenvalue weighted by Gasteiger charge is 2.29. The van der Waals surface area contributed by atoms with Crippen molar-refractivity contribution in [3.05, 3.63) is 27.1 Å². The van der Waals surface area contributed by atoms with Gasteiger partial charge in [0.15, 0.2) is 5.78 Å². The van der Waals surface area contributed by atoms with E-state index in [1.807, 2.05) is 18.2 Å². The van der Waals surface area contributed by atoms with Crippen molar-refractivity contribution in [1.29, 1.82) is 0 Å². The lowest BCUT2D eigenvalue weighted by Gasteiger charge is -2.08. The van der Waals surface area contributed by atoms with E-state index in [1.165, 1.54) is 0 Å². The first-order valence-corrected chi connectivity index (χ1v) is 6.36. The topological polar surface area (TPSA) is 26.3 Å². The van der Waals surface area contributed by atoms with Gasteiger partial charge in [0.1, 0.15) is 12.4 Å². The first kappa shape index (κ1) is 11.1. The molecule has 1 aliphatic carbocycles. The lowest BCUT2D eigenvalue weighted by molar-refractivity contribution is -0.122. The Morgan fingerprint density at radius 3 is 2.47 bits per heavy atom. The van der Waals surface area contributed by atoms with Gasteiger partial charge in [0, 0.05) is 5.92 Å². The van der Waals surface area contributed by atoms with Gasteiger partial charge in [-0.05, 0) is 56.8 Å². The molecule has 0 atom stereocenters. The number of hydrogen-bond donors (Lipinski definition) is 0. The van der Waals surface area contributed by atoms with Crippen LogP contribution in [-0.4, -0.2) is 12.4 Å². The molecular weight excluding hydrogens is 324 g/mol. The Hall–Kier alpha value is -0.350. The summed E-state index contributed by atoms with van der Waals surface area (Å²) in [5, 5.41) is 0. The third-order valence-corrected chi connectivity index (χ3v) is 3.56. The van der Waals surface area contributed by atoms with Crippen molar-refractivity contribution in [3.8, 4) is 5.75 Å². The summed E-state index contributed by atoms with van der Waals surface area (Å²) < 4.78 is 7.21. The summed E-state index contributed by atoms with van der Waals surface area (Å²) in [6.45, 7) is 0.172. The lowest BCUT2D eigenvalue weighted by atomic mass is 10.3. The smallest absolute Gasteiger partial charge is 0.173 e. The molecule has 2 rings (SSSR count). The van der Waals surface area contributed by atoms with Crippen LogP contribution in [0.3, 0.4) is 0 Å². The molecule has 0 radical (unpaired) electrons. The van der Waals surface area contributed by atoms with E-state index < -0.39 is 0 Å². The Balaban J connectivity index is 2.00. The second-order valence-electron chi connectivity index (χ2n) is 3.58. The molecule has 0 amide bonds. The minimum atomic E-state index is 0.172. The number of hydrogen-bond acceptors (Lipinski definition) is 2. The van der Waals surface area contributed by atoms with Crippen molar-refractivity contribution in [3.63, 3.8) is 0 Å². The number of benzene rings is 1. The van der Waals surface area contributed by atoms with Crippen molar-refractivity contribution in [2.24, 2.45) is 5.92 Å². The third kappa shape index (κ3) is 2.82. The average molecular weight is 334 g/mol. The van der Waals surface area contributed by atoms with E-state index in [4.69, 9.17) is 4.74 Å². The molecule has 0 N–H and O–H groups in total. The van der Waals surface area contributed by atoms with Crippen LogP contribution in [0.1, 0.15) is 12.8 Å². The van der Waals surface area contributed by atoms with E-state index in [0.29, 0.717) is 5.75 Å². The van der Waals surface area contributed by atoms with Crippen LogP contribution in [0.2, 0.25) is 0 Å². The van der Waals surface area contributed by atoms with E-state index in [1.54, 1.807) is 0 Å². The summed E-state index contributed by atoms with van der Waals surface area (Å²) in [6, 6.07) is 5.69. The predicted molar refractivity (Wildman–Crippen MR) is 65.1 cm³/mol. The van der Waals surface area contributed by atoms with Gasteiger partial charge in [-0.2, -0.15) is 0 Å². The zero-order valence-corrected chi connectivity index (χ0v) is 11.2. The van der Waals surface area contributed by atoms with Gasteiger partial charge in [0.25, 0.3) is 0 Å². The molecule has 0 unspecified atom stereocenters. The van der Waals surface area contributed by atoms with Gasteiger partial charge in [-0.3, -0.25) is 4.79 Å². The number of carbonyl (C=O) groups excluding carboxylic acids is 1. The predicted octanol–water partition coefficient (Wildman–Crippen LogP) is 3.57. The number of ketones is 1. The summed E-state index contributed by atoms with van der Waals surface area (Å²) in [5.74, 6) is 1.16. The van der Waals surface area contributed by atoms with Crippen LogP contribution in [-0.2, 0) is 4.79 Å². The number of ether oxygens (including phenoxy) is 1. The molecule has 80 valence electrons. The maximum atomic E-state index is 11.4. The quantitative estimate of drug-likeness (QED) is 0.842. The van der Waals surface area contributed by atoms with E-state index in [2.05, 4.69) is 31.9 Å². The van der Waals surface area contributed by atoms with E-state index in [0.717, 1.165) is 21.8 Å². The highest BCUT2D eigenvalue weighted by Crippen LogP contribution is 2.34. The molecule has 0 aliphatic heterocycles. The average Bonchev–Trinajstić information content (AvgIpc) is 2.99. The SMILES string of the molecule is O=C(COc1c(Br)cccc1Br)C1CC1. The first-order valence-electron chi connectivity index (χ1n) is 4.78. The van der Waals surface area contributed by atoms with Crippen molar-refractivity contribution < 1.29 is 9.53 Å². The molecule has 0 bridgehead atoms. The first-order chi connectivity index (χ1) is 7.18. The fraction of sp³-hybridized carbons (Fsp3) is 0.364. The standard InChI is InChI=1S/C11H10Br2O2/c12-8-2-1-3-9(13)11(8)15-6-10(14)7-4-5-7/h1-3,7H,4-6H2. The number of para-hydroxylation sites is 1. The second-order valence-corrected chi connectivity index (χ2v) is 5.29. The van der Waals surface area contributed by atoms with Crippen molar-refractivity contribution in [2.75, 3.05) is 6.61 Å². The third-order valence-electron chi connectivity index (χ3n) is 2.31. The molecule has 0 aromatic heterocycles. The molecule has 4 heteroatoms. The largest absolute Gasteiger partial charge is 0.483 e. The Morgan fingerprint density at radius 1 is 1.33 bits per heavy atom. The van der Waals surface area contributed by atoms with Crippen molar-refractivity contribution in [1.82, 2.24) is 0 Å². The highest BCUT2D eigenvalue weighted by molar-refractivity contribution is 9.11. The van der Waals surface area contributed by atoms with Crippen LogP contribution in [0.25, 0.3) is 0 Å². The molecule has 1 saturated carbocycles. The maximum Gasteiger partial charge on any atom is 0.173 e. The molecule has 2 nitrogen and oxygen atoms in total. The maximum absolute atomic E-state index is 11.4. The van der Waals surface area contributed by atoms with Crippen LogP contribution in [0.15, 0.2) is 27.1 Å². The normalized spacial score (nSPS) is 15.1.